The molecule has 6 nitrogen and oxygen atoms in total. The fraction of sp³-hybridized carbons (Fsp3) is 0.471. The van der Waals surface area contributed by atoms with E-state index in [0.717, 1.165) is 12.1 Å². The zero-order valence-electron chi connectivity index (χ0n) is 13.9. The molecule has 1 aliphatic rings. The maximum Gasteiger partial charge on any atom is 0.309 e. The van der Waals surface area contributed by atoms with E-state index in [2.05, 4.69) is 5.32 Å². The number of hydrogen-bond acceptors (Lipinski definition) is 4. The van der Waals surface area contributed by atoms with E-state index in [0.29, 0.717) is 38.6 Å². The number of rotatable bonds is 5. The van der Waals surface area contributed by atoms with Gasteiger partial charge in [0.25, 0.3) is 5.91 Å². The number of nitrogens with one attached hydrogen (secondary N) is 1. The Morgan fingerprint density at radius 1 is 1.16 bits per heavy atom. The van der Waals surface area contributed by atoms with Gasteiger partial charge in [-0.15, -0.1) is 0 Å². The van der Waals surface area contributed by atoms with Crippen LogP contribution in [0.25, 0.3) is 0 Å². The van der Waals surface area contributed by atoms with Crippen molar-refractivity contribution in [3.8, 4) is 0 Å². The largest absolute Gasteiger partial charge is 0.466 e. The number of benzene rings is 1. The summed E-state index contributed by atoms with van der Waals surface area (Å²) in [6, 6.07) is 2.46. The molecule has 2 amide bonds. The number of carbonyl (C=O) groups excluding carboxylic acids is 3. The summed E-state index contributed by atoms with van der Waals surface area (Å²) in [6.07, 6.45) is 1.02. The average molecular weight is 354 g/mol. The van der Waals surface area contributed by atoms with Crippen molar-refractivity contribution >= 4 is 17.8 Å². The number of esters is 1. The summed E-state index contributed by atoms with van der Waals surface area (Å²) in [6.45, 7) is 2.58. The summed E-state index contributed by atoms with van der Waals surface area (Å²) in [5, 5.41) is 2.35. The zero-order valence-corrected chi connectivity index (χ0v) is 13.9. The average Bonchev–Trinajstić information content (AvgIpc) is 2.59. The highest BCUT2D eigenvalue weighted by Crippen LogP contribution is 2.18. The Balaban J connectivity index is 1.81. The Morgan fingerprint density at radius 3 is 2.32 bits per heavy atom. The molecule has 2 rings (SSSR count). The fourth-order valence-corrected chi connectivity index (χ4v) is 2.68. The van der Waals surface area contributed by atoms with E-state index < -0.39 is 17.5 Å². The van der Waals surface area contributed by atoms with E-state index in [1.165, 1.54) is 0 Å². The normalized spacial score (nSPS) is 14.9. The minimum Gasteiger partial charge on any atom is -0.466 e. The molecule has 0 atom stereocenters. The van der Waals surface area contributed by atoms with Crippen LogP contribution in [0.15, 0.2) is 18.2 Å². The van der Waals surface area contributed by atoms with Crippen LogP contribution in [0.2, 0.25) is 0 Å². The number of ether oxygens (including phenoxy) is 1. The standard InChI is InChI=1S/C17H20F2N2O4/c1-2-25-17(24)11-3-5-21(6-4-11)15(22)10-20-16(23)12-7-13(18)9-14(19)8-12/h7-9,11H,2-6,10H2,1H3,(H,20,23). The van der Waals surface area contributed by atoms with Crippen molar-refractivity contribution in [1.29, 1.82) is 0 Å². The molecule has 1 heterocycles. The van der Waals surface area contributed by atoms with Crippen LogP contribution in [0.1, 0.15) is 30.1 Å². The van der Waals surface area contributed by atoms with Gasteiger partial charge in [0.2, 0.25) is 5.91 Å². The van der Waals surface area contributed by atoms with Crippen LogP contribution < -0.4 is 5.32 Å². The molecular formula is C17H20F2N2O4. The topological polar surface area (TPSA) is 75.7 Å². The van der Waals surface area contributed by atoms with E-state index in [1.807, 2.05) is 0 Å². The van der Waals surface area contributed by atoms with Crippen molar-refractivity contribution in [3.05, 3.63) is 35.4 Å². The molecule has 1 aromatic carbocycles. The lowest BCUT2D eigenvalue weighted by Gasteiger charge is -2.30. The Morgan fingerprint density at radius 2 is 1.76 bits per heavy atom. The van der Waals surface area contributed by atoms with Crippen LogP contribution in [0.4, 0.5) is 8.78 Å². The molecule has 136 valence electrons. The van der Waals surface area contributed by atoms with E-state index in [4.69, 9.17) is 4.74 Å². The van der Waals surface area contributed by atoms with Crippen molar-refractivity contribution < 1.29 is 27.9 Å². The fourth-order valence-electron chi connectivity index (χ4n) is 2.68. The van der Waals surface area contributed by atoms with Crippen molar-refractivity contribution in [2.24, 2.45) is 5.92 Å². The molecule has 1 aromatic rings. The zero-order chi connectivity index (χ0) is 18.4. The van der Waals surface area contributed by atoms with Crippen LogP contribution in [0.3, 0.4) is 0 Å². The molecule has 1 aliphatic heterocycles. The van der Waals surface area contributed by atoms with Crippen LogP contribution in [-0.2, 0) is 14.3 Å². The second-order valence-corrected chi connectivity index (χ2v) is 5.75. The second-order valence-electron chi connectivity index (χ2n) is 5.75. The van der Waals surface area contributed by atoms with Crippen LogP contribution in [0, 0.1) is 17.6 Å². The van der Waals surface area contributed by atoms with E-state index in [1.54, 1.807) is 11.8 Å². The number of carbonyl (C=O) groups is 3. The monoisotopic (exact) mass is 354 g/mol. The summed E-state index contributed by atoms with van der Waals surface area (Å²) in [4.78, 5) is 37.2. The molecule has 8 heteroatoms. The van der Waals surface area contributed by atoms with Gasteiger partial charge in [0.05, 0.1) is 19.1 Å². The summed E-state index contributed by atoms with van der Waals surface area (Å²) < 4.78 is 31.2. The molecule has 0 saturated carbocycles. The van der Waals surface area contributed by atoms with Crippen LogP contribution in [0.5, 0.6) is 0 Å². The predicted octanol–water partition coefficient (Wildman–Crippen LogP) is 1.50. The van der Waals surface area contributed by atoms with Gasteiger partial charge in [0.1, 0.15) is 11.6 Å². The molecular weight excluding hydrogens is 334 g/mol. The first kappa shape index (κ1) is 18.8. The lowest BCUT2D eigenvalue weighted by Crippen LogP contribution is -2.45. The second kappa shape index (κ2) is 8.55. The Kier molecular flexibility index (Phi) is 6.44. The number of nitrogens with zero attached hydrogens (tertiary/aromatic N) is 1. The lowest BCUT2D eigenvalue weighted by molar-refractivity contribution is -0.151. The van der Waals surface area contributed by atoms with Gasteiger partial charge < -0.3 is 15.0 Å². The van der Waals surface area contributed by atoms with E-state index >= 15 is 0 Å². The SMILES string of the molecule is CCOC(=O)C1CCN(C(=O)CNC(=O)c2cc(F)cc(F)c2)CC1. The molecule has 25 heavy (non-hydrogen) atoms. The molecule has 0 radical (unpaired) electrons. The summed E-state index contributed by atoms with van der Waals surface area (Å²) in [7, 11) is 0. The van der Waals surface area contributed by atoms with Gasteiger partial charge >= 0.3 is 5.97 Å². The number of piperidine rings is 1. The van der Waals surface area contributed by atoms with E-state index in [-0.39, 0.29) is 29.9 Å². The van der Waals surface area contributed by atoms with Gasteiger partial charge in [-0.3, -0.25) is 14.4 Å². The third kappa shape index (κ3) is 5.23. The van der Waals surface area contributed by atoms with Crippen molar-refractivity contribution in [3.63, 3.8) is 0 Å². The Bertz CT molecular complexity index is 638. The quantitative estimate of drug-likeness (QED) is 0.813. The van der Waals surface area contributed by atoms with Gasteiger partial charge in [-0.2, -0.15) is 0 Å². The van der Waals surface area contributed by atoms with E-state index in [9.17, 15) is 23.2 Å². The van der Waals surface area contributed by atoms with Crippen LogP contribution in [-0.4, -0.2) is 48.9 Å². The first-order valence-electron chi connectivity index (χ1n) is 8.09. The Labute approximate surface area is 144 Å². The molecule has 0 spiro atoms. The van der Waals surface area contributed by atoms with Gasteiger partial charge in [-0.05, 0) is 31.9 Å². The highest BCUT2D eigenvalue weighted by Gasteiger charge is 2.28. The van der Waals surface area contributed by atoms with Gasteiger partial charge in [-0.1, -0.05) is 0 Å². The maximum atomic E-state index is 13.1. The number of halogens is 2. The van der Waals surface area contributed by atoms with Crippen molar-refractivity contribution in [2.75, 3.05) is 26.2 Å². The predicted molar refractivity (Wildman–Crippen MR) is 84.6 cm³/mol. The molecule has 1 saturated heterocycles. The minimum atomic E-state index is -0.863. The van der Waals surface area contributed by atoms with Crippen molar-refractivity contribution in [1.82, 2.24) is 10.2 Å². The minimum absolute atomic E-state index is 0.189. The lowest BCUT2D eigenvalue weighted by atomic mass is 9.97. The summed E-state index contributed by atoms with van der Waals surface area (Å²) in [5.74, 6) is -3.24. The van der Waals surface area contributed by atoms with Gasteiger partial charge in [0.15, 0.2) is 0 Å². The highest BCUT2D eigenvalue weighted by molar-refractivity contribution is 5.96. The molecule has 0 aliphatic carbocycles. The third-order valence-corrected chi connectivity index (χ3v) is 3.99. The number of hydrogen-bond donors (Lipinski definition) is 1. The maximum absolute atomic E-state index is 13.1. The molecule has 0 unspecified atom stereocenters. The molecule has 1 N–H and O–H groups in total. The number of amides is 2. The first-order chi connectivity index (χ1) is 11.9. The first-order valence-corrected chi connectivity index (χ1v) is 8.09. The Hall–Kier alpha value is -2.51. The van der Waals surface area contributed by atoms with Gasteiger partial charge in [-0.25, -0.2) is 8.78 Å². The highest BCUT2D eigenvalue weighted by atomic mass is 19.1. The molecule has 1 fully saturated rings. The summed E-state index contributed by atoms with van der Waals surface area (Å²) in [5.41, 5.74) is -0.189. The van der Waals surface area contributed by atoms with Crippen molar-refractivity contribution in [2.45, 2.75) is 19.8 Å². The number of likely N-dealkylation sites (tertiary alicyclic amines) is 1. The van der Waals surface area contributed by atoms with Crippen LogP contribution >= 0.6 is 0 Å². The third-order valence-electron chi connectivity index (χ3n) is 3.99. The molecule has 0 bridgehead atoms. The molecule has 0 aromatic heterocycles. The smallest absolute Gasteiger partial charge is 0.309 e. The summed E-state index contributed by atoms with van der Waals surface area (Å²) >= 11 is 0. The van der Waals surface area contributed by atoms with Gasteiger partial charge in [0, 0.05) is 24.7 Å².